The van der Waals surface area contributed by atoms with Gasteiger partial charge in [-0.05, 0) is 73.3 Å². The van der Waals surface area contributed by atoms with E-state index in [1.54, 1.807) is 9.58 Å². The minimum absolute atomic E-state index is 0.0397. The lowest BCUT2D eigenvalue weighted by molar-refractivity contribution is -0.128. The highest BCUT2D eigenvalue weighted by molar-refractivity contribution is 7.08. The van der Waals surface area contributed by atoms with Gasteiger partial charge in [-0.25, -0.2) is 4.68 Å². The summed E-state index contributed by atoms with van der Waals surface area (Å²) < 4.78 is 1.59. The van der Waals surface area contributed by atoms with Gasteiger partial charge in [-0.3, -0.25) is 14.5 Å². The van der Waals surface area contributed by atoms with Crippen molar-refractivity contribution in [3.05, 3.63) is 76.5 Å². The summed E-state index contributed by atoms with van der Waals surface area (Å²) in [6.45, 7) is 7.80. The van der Waals surface area contributed by atoms with Crippen molar-refractivity contribution in [2.24, 2.45) is 0 Å². The number of rotatable bonds is 7. The van der Waals surface area contributed by atoms with E-state index in [9.17, 15) is 9.59 Å². The summed E-state index contributed by atoms with van der Waals surface area (Å²) in [7, 11) is 0. The van der Waals surface area contributed by atoms with Crippen molar-refractivity contribution in [1.29, 1.82) is 0 Å². The van der Waals surface area contributed by atoms with E-state index in [0.717, 1.165) is 34.3 Å². The third-order valence-electron chi connectivity index (χ3n) is 5.47. The molecule has 0 radical (unpaired) electrons. The van der Waals surface area contributed by atoms with Gasteiger partial charge in [0, 0.05) is 11.2 Å². The van der Waals surface area contributed by atoms with E-state index in [2.05, 4.69) is 15.6 Å². The highest BCUT2D eigenvalue weighted by atomic mass is 32.1. The molecule has 2 amide bonds. The van der Waals surface area contributed by atoms with Gasteiger partial charge < -0.3 is 5.32 Å². The average molecular weight is 476 g/mol. The van der Waals surface area contributed by atoms with Gasteiger partial charge in [-0.2, -0.15) is 11.3 Å². The Morgan fingerprint density at radius 3 is 2.53 bits per heavy atom. The Hall–Kier alpha value is -3.52. The monoisotopic (exact) mass is 475 g/mol. The number of nitrogens with one attached hydrogen (secondary N) is 1. The molecular formula is C26H29N5O2S. The Kier molecular flexibility index (Phi) is 6.79. The molecule has 1 atom stereocenters. The lowest BCUT2D eigenvalue weighted by atomic mass is 10.0. The highest BCUT2D eigenvalue weighted by Gasteiger charge is 2.35. The van der Waals surface area contributed by atoms with Crippen molar-refractivity contribution in [2.75, 3.05) is 4.90 Å². The van der Waals surface area contributed by atoms with E-state index < -0.39 is 11.6 Å². The summed E-state index contributed by atoms with van der Waals surface area (Å²) >= 11 is 1.50. The topological polar surface area (TPSA) is 80.1 Å². The molecule has 1 N–H and O–H groups in total. The van der Waals surface area contributed by atoms with E-state index in [1.807, 2.05) is 93.1 Å². The van der Waals surface area contributed by atoms with Gasteiger partial charge in [0.1, 0.15) is 18.1 Å². The lowest BCUT2D eigenvalue weighted by Crippen LogP contribution is -2.50. The third kappa shape index (κ3) is 5.02. The van der Waals surface area contributed by atoms with Crippen LogP contribution < -0.4 is 10.2 Å². The van der Waals surface area contributed by atoms with E-state index in [4.69, 9.17) is 0 Å². The predicted octanol–water partition coefficient (Wildman–Crippen LogP) is 4.74. The van der Waals surface area contributed by atoms with Gasteiger partial charge in [0.05, 0.1) is 5.52 Å². The van der Waals surface area contributed by atoms with Crippen molar-refractivity contribution in [3.8, 4) is 0 Å². The zero-order valence-corrected chi connectivity index (χ0v) is 20.7. The second-order valence-electron chi connectivity index (χ2n) is 9.18. The number of carbonyl (C=O) groups excluding carboxylic acids is 2. The number of benzene rings is 2. The number of aryl methyl sites for hydroxylation is 1. The maximum atomic E-state index is 14.0. The Balaban J connectivity index is 1.82. The smallest absolute Gasteiger partial charge is 0.249 e. The number of anilines is 1. The second kappa shape index (κ2) is 9.77. The Labute approximate surface area is 203 Å². The first-order valence-corrected chi connectivity index (χ1v) is 12.2. The number of thiophene rings is 1. The van der Waals surface area contributed by atoms with E-state index in [-0.39, 0.29) is 18.4 Å². The van der Waals surface area contributed by atoms with Crippen LogP contribution in [0.1, 0.15) is 44.9 Å². The number of amides is 2. The Morgan fingerprint density at radius 2 is 1.82 bits per heavy atom. The number of hydrogen-bond acceptors (Lipinski definition) is 5. The fourth-order valence-corrected chi connectivity index (χ4v) is 4.67. The summed E-state index contributed by atoms with van der Waals surface area (Å²) in [6, 6.07) is 16.3. The SMILES string of the molecule is CCc1ccccc1N(C(=O)Cn1nnc2ccccc21)[C@H](C(=O)NC(C)(C)C)c1ccsc1. The molecule has 4 aromatic rings. The average Bonchev–Trinajstić information content (AvgIpc) is 3.46. The standard InChI is InChI=1S/C26H29N5O2S/c1-5-18-10-6-8-12-21(18)31(23(32)16-30-22-13-9-7-11-20(22)28-29-30)24(19-14-15-34-17-19)25(33)27-26(2,3)4/h6-15,17,24H,5,16H2,1-4H3,(H,27,33)/t24-/m0/s1. The molecule has 0 spiro atoms. The molecule has 0 unspecified atom stereocenters. The van der Waals surface area contributed by atoms with Crippen LogP contribution in [0.4, 0.5) is 5.69 Å². The van der Waals surface area contributed by atoms with Gasteiger partial charge >= 0.3 is 0 Å². The van der Waals surface area contributed by atoms with Gasteiger partial charge in [0.2, 0.25) is 11.8 Å². The molecule has 34 heavy (non-hydrogen) atoms. The van der Waals surface area contributed by atoms with Crippen molar-refractivity contribution in [3.63, 3.8) is 0 Å². The first-order chi connectivity index (χ1) is 16.3. The van der Waals surface area contributed by atoms with E-state index >= 15 is 0 Å². The number of carbonyl (C=O) groups is 2. The molecule has 2 aromatic heterocycles. The fourth-order valence-electron chi connectivity index (χ4n) is 3.99. The van der Waals surface area contributed by atoms with Gasteiger partial charge in [-0.1, -0.05) is 42.5 Å². The van der Waals surface area contributed by atoms with Crippen LogP contribution in [0, 0.1) is 0 Å². The molecule has 2 aromatic carbocycles. The zero-order chi connectivity index (χ0) is 24.3. The minimum atomic E-state index is -0.819. The highest BCUT2D eigenvalue weighted by Crippen LogP contribution is 2.33. The van der Waals surface area contributed by atoms with Crippen molar-refractivity contribution in [1.82, 2.24) is 20.3 Å². The minimum Gasteiger partial charge on any atom is -0.349 e. The molecule has 0 aliphatic rings. The normalized spacial score (nSPS) is 12.5. The summed E-state index contributed by atoms with van der Waals surface area (Å²) in [6.07, 6.45) is 0.726. The second-order valence-corrected chi connectivity index (χ2v) is 9.96. The molecule has 7 nitrogen and oxygen atoms in total. The van der Waals surface area contributed by atoms with Crippen LogP contribution in [-0.2, 0) is 22.6 Å². The lowest BCUT2D eigenvalue weighted by Gasteiger charge is -2.34. The maximum absolute atomic E-state index is 14.0. The van der Waals surface area contributed by atoms with E-state index in [0.29, 0.717) is 0 Å². The van der Waals surface area contributed by atoms with Crippen LogP contribution >= 0.6 is 11.3 Å². The molecule has 0 saturated carbocycles. The van der Waals surface area contributed by atoms with Crippen LogP contribution in [0.3, 0.4) is 0 Å². The summed E-state index contributed by atoms with van der Waals surface area (Å²) in [5.74, 6) is -0.467. The number of hydrogen-bond donors (Lipinski definition) is 1. The van der Waals surface area contributed by atoms with Crippen LogP contribution in [-0.4, -0.2) is 32.3 Å². The molecule has 176 valence electrons. The molecule has 0 fully saturated rings. The Bertz CT molecular complexity index is 1290. The van der Waals surface area contributed by atoms with Crippen LogP contribution in [0.2, 0.25) is 0 Å². The number of nitrogens with zero attached hydrogens (tertiary/aromatic N) is 4. The third-order valence-corrected chi connectivity index (χ3v) is 6.17. The molecule has 0 aliphatic carbocycles. The quantitative estimate of drug-likeness (QED) is 0.419. The number of aromatic nitrogens is 3. The van der Waals surface area contributed by atoms with Gasteiger partial charge in [-0.15, -0.1) is 5.10 Å². The van der Waals surface area contributed by atoms with Crippen molar-refractivity contribution < 1.29 is 9.59 Å². The van der Waals surface area contributed by atoms with Crippen LogP contribution in [0.5, 0.6) is 0 Å². The number of para-hydroxylation sites is 2. The molecule has 8 heteroatoms. The first kappa shape index (κ1) is 23.6. The van der Waals surface area contributed by atoms with Crippen LogP contribution in [0.25, 0.3) is 11.0 Å². The predicted molar refractivity (Wildman–Crippen MR) is 136 cm³/mol. The van der Waals surface area contributed by atoms with Crippen LogP contribution in [0.15, 0.2) is 65.4 Å². The Morgan fingerprint density at radius 1 is 1.09 bits per heavy atom. The maximum Gasteiger partial charge on any atom is 0.249 e. The molecule has 2 heterocycles. The zero-order valence-electron chi connectivity index (χ0n) is 19.9. The van der Waals surface area contributed by atoms with Gasteiger partial charge in [0.25, 0.3) is 0 Å². The fraction of sp³-hybridized carbons (Fsp3) is 0.308. The van der Waals surface area contributed by atoms with Crippen molar-refractivity contribution >= 4 is 39.9 Å². The van der Waals surface area contributed by atoms with Gasteiger partial charge in [0.15, 0.2) is 0 Å². The van der Waals surface area contributed by atoms with E-state index in [1.165, 1.54) is 11.3 Å². The summed E-state index contributed by atoms with van der Waals surface area (Å²) in [5, 5.41) is 15.3. The molecule has 0 bridgehead atoms. The number of fused-ring (bicyclic) bond motifs is 1. The summed E-state index contributed by atoms with van der Waals surface area (Å²) in [4.78, 5) is 29.3. The summed E-state index contributed by atoms with van der Waals surface area (Å²) in [5.41, 5.74) is 3.52. The molecular weight excluding hydrogens is 446 g/mol. The van der Waals surface area contributed by atoms with Crippen molar-refractivity contribution in [2.45, 2.75) is 52.2 Å². The molecule has 0 saturated heterocycles. The molecule has 0 aliphatic heterocycles. The first-order valence-electron chi connectivity index (χ1n) is 11.3. The largest absolute Gasteiger partial charge is 0.349 e. The molecule has 4 rings (SSSR count).